The van der Waals surface area contributed by atoms with Crippen LogP contribution in [0.2, 0.25) is 0 Å². The van der Waals surface area contributed by atoms with Crippen LogP contribution in [0.3, 0.4) is 0 Å². The van der Waals surface area contributed by atoms with Crippen LogP contribution in [0, 0.1) is 13.8 Å². The van der Waals surface area contributed by atoms with Gasteiger partial charge in [-0.3, -0.25) is 0 Å². The second-order valence-corrected chi connectivity index (χ2v) is 14.7. The Morgan fingerprint density at radius 2 is 0.727 bits per heavy atom. The average molecular weight is 704 g/mol. The molecule has 260 valence electrons. The predicted molar refractivity (Wildman–Crippen MR) is 235 cm³/mol. The number of hydrogen-bond acceptors (Lipinski definition) is 2. The molecule has 0 aliphatic rings. The van der Waals surface area contributed by atoms with Gasteiger partial charge in [-0.2, -0.15) is 0 Å². The van der Waals surface area contributed by atoms with Crippen LogP contribution in [0.5, 0.6) is 0 Å². The molecule has 11 aromatic rings. The van der Waals surface area contributed by atoms with Crippen molar-refractivity contribution >= 4 is 93.8 Å². The van der Waals surface area contributed by atoms with Crippen LogP contribution in [0.4, 0.5) is 34.1 Å². The molecule has 0 N–H and O–H groups in total. The van der Waals surface area contributed by atoms with Crippen molar-refractivity contribution in [2.45, 2.75) is 13.8 Å². The highest BCUT2D eigenvalue weighted by Gasteiger charge is 2.28. The Kier molecular flexibility index (Phi) is 6.99. The van der Waals surface area contributed by atoms with Gasteiger partial charge in [0, 0.05) is 55.1 Å². The highest BCUT2D eigenvalue weighted by molar-refractivity contribution is 6.33. The van der Waals surface area contributed by atoms with E-state index in [0.717, 1.165) is 22.7 Å². The van der Waals surface area contributed by atoms with E-state index in [1.54, 1.807) is 0 Å². The molecule has 3 nitrogen and oxygen atoms in total. The van der Waals surface area contributed by atoms with Crippen LogP contribution >= 0.6 is 0 Å². The van der Waals surface area contributed by atoms with Gasteiger partial charge < -0.3 is 14.2 Å². The lowest BCUT2D eigenvalue weighted by Gasteiger charge is -2.29. The van der Waals surface area contributed by atoms with Crippen LogP contribution in [0.1, 0.15) is 11.1 Å². The Bertz CT molecular complexity index is 3020. The summed E-state index contributed by atoms with van der Waals surface area (Å²) >= 11 is 0. The van der Waals surface area contributed by atoms with Gasteiger partial charge in [0.15, 0.2) is 0 Å². The fourth-order valence-electron chi connectivity index (χ4n) is 9.04. The number of anilines is 6. The van der Waals surface area contributed by atoms with Gasteiger partial charge in [0.05, 0.1) is 27.9 Å². The molecule has 0 radical (unpaired) electrons. The van der Waals surface area contributed by atoms with Crippen molar-refractivity contribution in [2.75, 3.05) is 9.80 Å². The number of hydrogen-bond donors (Lipinski definition) is 0. The van der Waals surface area contributed by atoms with Crippen molar-refractivity contribution in [1.29, 1.82) is 0 Å². The molecule has 0 aliphatic carbocycles. The maximum absolute atomic E-state index is 2.56. The minimum atomic E-state index is 1.13. The van der Waals surface area contributed by atoms with Gasteiger partial charge >= 0.3 is 0 Å². The third kappa shape index (κ3) is 4.76. The summed E-state index contributed by atoms with van der Waals surface area (Å²) in [6.07, 6.45) is 0. The van der Waals surface area contributed by atoms with E-state index in [9.17, 15) is 0 Å². The first-order valence-corrected chi connectivity index (χ1v) is 19.0. The first-order valence-electron chi connectivity index (χ1n) is 19.0. The van der Waals surface area contributed by atoms with Crippen LogP contribution in [-0.4, -0.2) is 4.40 Å². The lowest BCUT2D eigenvalue weighted by Crippen LogP contribution is -2.11. The maximum Gasteiger partial charge on any atom is 0.0640 e. The normalized spacial score (nSPS) is 11.8. The van der Waals surface area contributed by atoms with Gasteiger partial charge in [-0.1, -0.05) is 127 Å². The predicted octanol–water partition coefficient (Wildman–Crippen LogP) is 14.7. The second kappa shape index (κ2) is 12.2. The Morgan fingerprint density at radius 1 is 0.345 bits per heavy atom. The number of rotatable bonds is 6. The summed E-state index contributed by atoms with van der Waals surface area (Å²) in [5.41, 5.74) is 13.0. The summed E-state index contributed by atoms with van der Waals surface area (Å²) < 4.78 is 2.56. The molecule has 0 saturated heterocycles. The third-order valence-electron chi connectivity index (χ3n) is 11.3. The largest absolute Gasteiger partial charge is 0.309 e. The second-order valence-electron chi connectivity index (χ2n) is 14.7. The minimum absolute atomic E-state index is 1.13. The van der Waals surface area contributed by atoms with Crippen molar-refractivity contribution < 1.29 is 0 Å². The Morgan fingerprint density at radius 3 is 1.18 bits per heavy atom. The summed E-state index contributed by atoms with van der Waals surface area (Å²) in [7, 11) is 0. The summed E-state index contributed by atoms with van der Waals surface area (Å²) in [5.74, 6) is 0. The molecule has 0 spiro atoms. The average Bonchev–Trinajstić information content (AvgIpc) is 3.73. The molecule has 0 unspecified atom stereocenters. The first kappa shape index (κ1) is 31.4. The molecule has 0 fully saturated rings. The monoisotopic (exact) mass is 703 g/mol. The van der Waals surface area contributed by atoms with Gasteiger partial charge in [0.2, 0.25) is 0 Å². The maximum atomic E-state index is 2.56. The molecule has 11 rings (SSSR count). The fraction of sp³-hybridized carbons (Fsp3) is 0.0385. The van der Waals surface area contributed by atoms with Gasteiger partial charge in [-0.05, 0) is 96.4 Å². The van der Waals surface area contributed by atoms with E-state index < -0.39 is 0 Å². The van der Waals surface area contributed by atoms with Gasteiger partial charge in [-0.15, -0.1) is 0 Å². The third-order valence-corrected chi connectivity index (χ3v) is 11.3. The van der Waals surface area contributed by atoms with E-state index in [1.165, 1.54) is 82.1 Å². The van der Waals surface area contributed by atoms with Crippen LogP contribution < -0.4 is 9.80 Å². The summed E-state index contributed by atoms with van der Waals surface area (Å²) in [6.45, 7) is 4.35. The molecule has 9 aromatic carbocycles. The number of aryl methyl sites for hydroxylation is 2. The smallest absolute Gasteiger partial charge is 0.0640 e. The number of aromatic nitrogens is 1. The van der Waals surface area contributed by atoms with Crippen molar-refractivity contribution in [1.82, 2.24) is 4.40 Å². The van der Waals surface area contributed by atoms with Crippen molar-refractivity contribution in [3.05, 3.63) is 199 Å². The van der Waals surface area contributed by atoms with Crippen LogP contribution in [0.15, 0.2) is 188 Å². The topological polar surface area (TPSA) is 10.9 Å². The summed E-state index contributed by atoms with van der Waals surface area (Å²) in [4.78, 5) is 4.94. The molecule has 0 amide bonds. The fourth-order valence-corrected chi connectivity index (χ4v) is 9.04. The van der Waals surface area contributed by atoms with E-state index in [4.69, 9.17) is 0 Å². The quantitative estimate of drug-likeness (QED) is 0.171. The number of fused-ring (bicyclic) bond motifs is 8. The highest BCUT2D eigenvalue weighted by atomic mass is 15.2. The van der Waals surface area contributed by atoms with Crippen molar-refractivity contribution in [2.24, 2.45) is 0 Å². The Labute approximate surface area is 319 Å². The molecule has 3 heteroatoms. The number of nitrogens with zero attached hydrogens (tertiary/aromatic N) is 3. The van der Waals surface area contributed by atoms with Crippen LogP contribution in [-0.2, 0) is 0 Å². The summed E-state index contributed by atoms with van der Waals surface area (Å²) in [6, 6.07) is 68.9. The molecular weight excluding hydrogens is 667 g/mol. The lowest BCUT2D eigenvalue weighted by molar-refractivity contribution is 1.29. The molecule has 55 heavy (non-hydrogen) atoms. The van der Waals surface area contributed by atoms with E-state index in [-0.39, 0.29) is 0 Å². The zero-order valence-electron chi connectivity index (χ0n) is 30.7. The molecular formula is C52H37N3. The van der Waals surface area contributed by atoms with E-state index >= 15 is 0 Å². The zero-order valence-corrected chi connectivity index (χ0v) is 30.7. The van der Waals surface area contributed by atoms with Gasteiger partial charge in [-0.25, -0.2) is 0 Å². The molecule has 0 saturated carbocycles. The summed E-state index contributed by atoms with van der Waals surface area (Å²) in [5, 5.41) is 9.85. The minimum Gasteiger partial charge on any atom is -0.309 e. The number of benzene rings is 9. The zero-order chi connectivity index (χ0) is 36.6. The van der Waals surface area contributed by atoms with E-state index in [1.807, 2.05) is 0 Å². The van der Waals surface area contributed by atoms with Gasteiger partial charge in [0.1, 0.15) is 0 Å². The molecule has 0 bridgehead atoms. The Balaban J connectivity index is 1.34. The van der Waals surface area contributed by atoms with E-state index in [0.29, 0.717) is 0 Å². The number of para-hydroxylation sites is 3. The van der Waals surface area contributed by atoms with E-state index in [2.05, 4.69) is 216 Å². The Hall–Kier alpha value is -7.10. The molecule has 0 aliphatic heterocycles. The molecule has 2 aromatic heterocycles. The SMILES string of the molecule is Cc1cccc(N(c2ccccc2)c2c3ccccc3cc3c2c2cccc4c5c(N(c6ccccc6)c6cccc(C)c6)c6ccccc6cc5n3c24)c1. The van der Waals surface area contributed by atoms with Crippen molar-refractivity contribution in [3.63, 3.8) is 0 Å². The van der Waals surface area contributed by atoms with Crippen molar-refractivity contribution in [3.8, 4) is 0 Å². The lowest BCUT2D eigenvalue weighted by atomic mass is 9.97. The molecule has 2 heterocycles. The first-order chi connectivity index (χ1) is 27.1. The standard InChI is InChI=1S/C52H37N3/c1-34-16-13-24-40(30-34)53(38-20-5-3-6-21-38)51-42-26-11-9-18-36(42)32-46-48(51)44-28-15-29-45-49-47(55(46)50(44)45)33-37-19-10-12-27-43(37)52(49)54(39-22-7-4-8-23-39)41-25-14-17-35(2)31-41/h3-33H,1-2H3. The molecule has 0 atom stereocenters. The highest BCUT2D eigenvalue weighted by Crippen LogP contribution is 2.53. The van der Waals surface area contributed by atoms with Gasteiger partial charge in [0.25, 0.3) is 0 Å². The van der Waals surface area contributed by atoms with Crippen LogP contribution in [0.25, 0.3) is 59.6 Å².